The monoisotopic (exact) mass is 313 g/mol. The Morgan fingerprint density at radius 3 is 2.46 bits per heavy atom. The quantitative estimate of drug-likeness (QED) is 0.483. The van der Waals surface area contributed by atoms with Crippen molar-refractivity contribution in [2.45, 2.75) is 13.8 Å². The first-order valence-electron chi connectivity index (χ1n) is 7.92. The molecule has 2 aromatic heterocycles. The highest BCUT2D eigenvalue weighted by atomic mass is 16.3. The summed E-state index contributed by atoms with van der Waals surface area (Å²) in [6, 6.07) is 16.3. The van der Waals surface area contributed by atoms with Crippen LogP contribution in [-0.4, -0.2) is 0 Å². The van der Waals surface area contributed by atoms with Crippen molar-refractivity contribution in [3.05, 3.63) is 65.4 Å². The fourth-order valence-electron chi connectivity index (χ4n) is 3.46. The fourth-order valence-corrected chi connectivity index (χ4v) is 3.46. The Balaban J connectivity index is 2.25. The summed E-state index contributed by atoms with van der Waals surface area (Å²) < 4.78 is 8.19. The molecule has 0 saturated heterocycles. The summed E-state index contributed by atoms with van der Waals surface area (Å²) in [5, 5.41) is 11.5. The summed E-state index contributed by atoms with van der Waals surface area (Å²) in [7, 11) is 2.05. The summed E-state index contributed by atoms with van der Waals surface area (Å²) in [5.41, 5.74) is 6.82. The molecular formula is C21H17N2O+. The molecule has 0 saturated carbocycles. The Hall–Kier alpha value is -3.12. The second-order valence-corrected chi connectivity index (χ2v) is 6.15. The normalized spacial score (nSPS) is 11.1. The number of aromatic nitrogens is 1. The second kappa shape index (κ2) is 5.21. The molecule has 0 atom stereocenters. The van der Waals surface area contributed by atoms with E-state index in [1.807, 2.05) is 50.5 Å². The van der Waals surface area contributed by atoms with Crippen LogP contribution in [0.25, 0.3) is 33.2 Å². The van der Waals surface area contributed by atoms with E-state index in [1.165, 1.54) is 5.56 Å². The maximum atomic E-state index is 9.39. The van der Waals surface area contributed by atoms with Gasteiger partial charge in [0, 0.05) is 22.9 Å². The lowest BCUT2D eigenvalue weighted by atomic mass is 9.95. The van der Waals surface area contributed by atoms with Gasteiger partial charge in [-0.3, -0.25) is 0 Å². The van der Waals surface area contributed by atoms with Gasteiger partial charge >= 0.3 is 0 Å². The van der Waals surface area contributed by atoms with Gasteiger partial charge < -0.3 is 4.42 Å². The second-order valence-electron chi connectivity index (χ2n) is 6.15. The van der Waals surface area contributed by atoms with Crippen LogP contribution < -0.4 is 4.57 Å². The Kier molecular flexibility index (Phi) is 3.14. The maximum Gasteiger partial charge on any atom is 0.213 e. The van der Waals surface area contributed by atoms with Crippen molar-refractivity contribution in [2.24, 2.45) is 7.05 Å². The third kappa shape index (κ3) is 1.93. The van der Waals surface area contributed by atoms with E-state index in [1.54, 1.807) is 0 Å². The predicted octanol–water partition coefficient (Wildman–Crippen LogP) is 4.57. The van der Waals surface area contributed by atoms with Crippen LogP contribution in [0.2, 0.25) is 0 Å². The molecule has 24 heavy (non-hydrogen) atoms. The van der Waals surface area contributed by atoms with E-state index in [2.05, 4.69) is 29.7 Å². The van der Waals surface area contributed by atoms with Crippen LogP contribution in [0.4, 0.5) is 0 Å². The summed E-state index contributed by atoms with van der Waals surface area (Å²) >= 11 is 0. The average molecular weight is 313 g/mol. The minimum atomic E-state index is 0.690. The van der Waals surface area contributed by atoms with Gasteiger partial charge in [-0.1, -0.05) is 6.07 Å². The van der Waals surface area contributed by atoms with E-state index >= 15 is 0 Å². The molecule has 0 spiro atoms. The number of nitriles is 1. The third-order valence-electron chi connectivity index (χ3n) is 4.70. The van der Waals surface area contributed by atoms with Crippen molar-refractivity contribution < 1.29 is 8.98 Å². The number of rotatable bonds is 1. The van der Waals surface area contributed by atoms with Crippen LogP contribution in [0.5, 0.6) is 0 Å². The molecule has 3 heteroatoms. The number of fused-ring (bicyclic) bond motifs is 3. The first-order valence-corrected chi connectivity index (χ1v) is 7.92. The molecule has 4 rings (SSSR count). The van der Waals surface area contributed by atoms with Crippen molar-refractivity contribution in [1.29, 1.82) is 5.26 Å². The smallest absolute Gasteiger partial charge is 0.213 e. The number of hydrogen-bond acceptors (Lipinski definition) is 2. The van der Waals surface area contributed by atoms with Crippen molar-refractivity contribution >= 4 is 21.9 Å². The van der Waals surface area contributed by atoms with Gasteiger partial charge in [0.25, 0.3) is 0 Å². The Morgan fingerprint density at radius 1 is 0.958 bits per heavy atom. The van der Waals surface area contributed by atoms with E-state index in [4.69, 9.17) is 4.42 Å². The molecule has 0 aliphatic heterocycles. The highest BCUT2D eigenvalue weighted by Crippen LogP contribution is 2.39. The molecule has 116 valence electrons. The molecule has 2 heterocycles. The van der Waals surface area contributed by atoms with Gasteiger partial charge in [0.15, 0.2) is 6.20 Å². The standard InChI is InChI=1S/C21H17N2O/c1-13-7-9-18-21(19(13)16-6-4-5-11-23(16)3)20-14(2)15(12-22)8-10-17(20)24-18/h4-11H,1-3H3/q+1. The molecule has 0 aliphatic carbocycles. The van der Waals surface area contributed by atoms with Crippen LogP contribution in [-0.2, 0) is 7.05 Å². The van der Waals surface area contributed by atoms with Gasteiger partial charge in [0.1, 0.15) is 18.2 Å². The van der Waals surface area contributed by atoms with Crippen LogP contribution >= 0.6 is 0 Å². The molecule has 0 radical (unpaired) electrons. The highest BCUT2D eigenvalue weighted by molar-refractivity contribution is 6.14. The molecule has 0 unspecified atom stereocenters. The van der Waals surface area contributed by atoms with Gasteiger partial charge in [-0.05, 0) is 49.2 Å². The molecule has 0 N–H and O–H groups in total. The largest absolute Gasteiger partial charge is 0.456 e. The van der Waals surface area contributed by atoms with Gasteiger partial charge in [-0.2, -0.15) is 5.26 Å². The molecular weight excluding hydrogens is 296 g/mol. The summed E-state index contributed by atoms with van der Waals surface area (Å²) in [4.78, 5) is 0. The molecule has 2 aromatic carbocycles. The number of benzene rings is 2. The number of pyridine rings is 1. The predicted molar refractivity (Wildman–Crippen MR) is 94.5 cm³/mol. The Bertz CT molecular complexity index is 1150. The molecule has 3 nitrogen and oxygen atoms in total. The zero-order valence-corrected chi connectivity index (χ0v) is 13.9. The molecule has 4 aromatic rings. The maximum absolute atomic E-state index is 9.39. The summed E-state index contributed by atoms with van der Waals surface area (Å²) in [5.74, 6) is 0. The number of nitrogens with zero attached hydrogens (tertiary/aromatic N) is 2. The van der Waals surface area contributed by atoms with E-state index in [0.717, 1.165) is 38.8 Å². The lowest BCUT2D eigenvalue weighted by molar-refractivity contribution is -0.660. The van der Waals surface area contributed by atoms with Crippen molar-refractivity contribution in [3.63, 3.8) is 0 Å². The lowest BCUT2D eigenvalue weighted by Crippen LogP contribution is -2.30. The van der Waals surface area contributed by atoms with E-state index < -0.39 is 0 Å². The van der Waals surface area contributed by atoms with E-state index in [9.17, 15) is 5.26 Å². The molecule has 0 aliphatic rings. The first kappa shape index (κ1) is 14.5. The summed E-state index contributed by atoms with van der Waals surface area (Å²) in [6.07, 6.45) is 2.05. The van der Waals surface area contributed by atoms with Gasteiger partial charge in [0.05, 0.1) is 17.2 Å². The number of aryl methyl sites for hydroxylation is 3. The zero-order chi connectivity index (χ0) is 16.8. The van der Waals surface area contributed by atoms with Crippen LogP contribution in [0.3, 0.4) is 0 Å². The Labute approximate surface area is 140 Å². The van der Waals surface area contributed by atoms with Gasteiger partial charge in [0.2, 0.25) is 5.69 Å². The number of furan rings is 1. The van der Waals surface area contributed by atoms with Gasteiger partial charge in [-0.25, -0.2) is 4.57 Å². The number of hydrogen-bond donors (Lipinski definition) is 0. The first-order chi connectivity index (χ1) is 11.6. The minimum Gasteiger partial charge on any atom is -0.456 e. The molecule has 0 fully saturated rings. The van der Waals surface area contributed by atoms with Crippen molar-refractivity contribution in [3.8, 4) is 17.3 Å². The minimum absolute atomic E-state index is 0.690. The fraction of sp³-hybridized carbons (Fsp3) is 0.143. The van der Waals surface area contributed by atoms with E-state index in [-0.39, 0.29) is 0 Å². The molecule has 0 bridgehead atoms. The SMILES string of the molecule is Cc1ccc2oc3ccc(C#N)c(C)c3c2c1-c1cccc[n+]1C. The molecule has 0 amide bonds. The lowest BCUT2D eigenvalue weighted by Gasteiger charge is -2.07. The van der Waals surface area contributed by atoms with Crippen molar-refractivity contribution in [2.75, 3.05) is 0 Å². The zero-order valence-electron chi connectivity index (χ0n) is 13.9. The van der Waals surface area contributed by atoms with Gasteiger partial charge in [-0.15, -0.1) is 0 Å². The highest BCUT2D eigenvalue weighted by Gasteiger charge is 2.21. The van der Waals surface area contributed by atoms with Crippen LogP contribution in [0, 0.1) is 25.2 Å². The van der Waals surface area contributed by atoms with Crippen molar-refractivity contribution in [1.82, 2.24) is 0 Å². The third-order valence-corrected chi connectivity index (χ3v) is 4.70. The average Bonchev–Trinajstić information content (AvgIpc) is 2.96. The van der Waals surface area contributed by atoms with Crippen LogP contribution in [0.1, 0.15) is 16.7 Å². The topological polar surface area (TPSA) is 40.8 Å². The van der Waals surface area contributed by atoms with Crippen LogP contribution in [0.15, 0.2) is 53.1 Å². The Morgan fingerprint density at radius 2 is 1.71 bits per heavy atom. The van der Waals surface area contributed by atoms with E-state index in [0.29, 0.717) is 5.56 Å². The summed E-state index contributed by atoms with van der Waals surface area (Å²) in [6.45, 7) is 4.11.